The molecule has 1 aliphatic rings. The SMILES string of the molecule is CCCCCCCOc1ccc(CNC2CCCC(C)C2)cc1OC. The smallest absolute Gasteiger partial charge is 0.161 e. The van der Waals surface area contributed by atoms with Crippen LogP contribution in [0, 0.1) is 5.92 Å². The van der Waals surface area contributed by atoms with E-state index in [0.717, 1.165) is 37.0 Å². The van der Waals surface area contributed by atoms with Crippen molar-refractivity contribution < 1.29 is 9.47 Å². The fourth-order valence-corrected chi connectivity index (χ4v) is 3.71. The fraction of sp³-hybridized carbons (Fsp3) is 0.727. The highest BCUT2D eigenvalue weighted by Gasteiger charge is 2.18. The van der Waals surface area contributed by atoms with Crippen molar-refractivity contribution in [3.63, 3.8) is 0 Å². The third-order valence-corrected chi connectivity index (χ3v) is 5.26. The number of rotatable bonds is 11. The van der Waals surface area contributed by atoms with Gasteiger partial charge in [-0.25, -0.2) is 0 Å². The second kappa shape index (κ2) is 11.4. The summed E-state index contributed by atoms with van der Waals surface area (Å²) in [6.45, 7) is 6.29. The molecule has 2 rings (SSSR count). The van der Waals surface area contributed by atoms with Gasteiger partial charge in [0.25, 0.3) is 0 Å². The Morgan fingerprint density at radius 3 is 2.68 bits per heavy atom. The summed E-state index contributed by atoms with van der Waals surface area (Å²) in [5, 5.41) is 3.71. The van der Waals surface area contributed by atoms with Crippen molar-refractivity contribution in [3.05, 3.63) is 23.8 Å². The van der Waals surface area contributed by atoms with Crippen LogP contribution in [0.4, 0.5) is 0 Å². The third kappa shape index (κ3) is 7.27. The summed E-state index contributed by atoms with van der Waals surface area (Å²) in [5.41, 5.74) is 1.27. The molecule has 1 saturated carbocycles. The number of nitrogens with one attached hydrogen (secondary N) is 1. The number of benzene rings is 1. The zero-order valence-electron chi connectivity index (χ0n) is 16.5. The molecule has 0 aliphatic heterocycles. The molecule has 1 aromatic rings. The van der Waals surface area contributed by atoms with Crippen LogP contribution in [0.15, 0.2) is 18.2 Å². The van der Waals surface area contributed by atoms with E-state index in [0.29, 0.717) is 6.04 Å². The average molecular weight is 348 g/mol. The number of unbranched alkanes of at least 4 members (excludes halogenated alkanes) is 4. The Balaban J connectivity index is 1.77. The predicted octanol–water partition coefficient (Wildman–Crippen LogP) is 5.71. The van der Waals surface area contributed by atoms with E-state index in [4.69, 9.17) is 9.47 Å². The fourth-order valence-electron chi connectivity index (χ4n) is 3.71. The lowest BCUT2D eigenvalue weighted by Gasteiger charge is -2.27. The zero-order chi connectivity index (χ0) is 17.9. The van der Waals surface area contributed by atoms with Crippen molar-refractivity contribution in [2.24, 2.45) is 5.92 Å². The molecule has 2 unspecified atom stereocenters. The molecule has 1 N–H and O–H groups in total. The first-order chi connectivity index (χ1) is 12.2. The predicted molar refractivity (Wildman–Crippen MR) is 106 cm³/mol. The number of ether oxygens (including phenoxy) is 2. The molecule has 0 aromatic heterocycles. The highest BCUT2D eigenvalue weighted by Crippen LogP contribution is 2.29. The highest BCUT2D eigenvalue weighted by molar-refractivity contribution is 5.42. The zero-order valence-corrected chi connectivity index (χ0v) is 16.5. The molecule has 1 aromatic carbocycles. The maximum atomic E-state index is 5.93. The molecule has 25 heavy (non-hydrogen) atoms. The van der Waals surface area contributed by atoms with Gasteiger partial charge in [0.05, 0.1) is 13.7 Å². The average Bonchev–Trinajstić information content (AvgIpc) is 2.63. The van der Waals surface area contributed by atoms with E-state index >= 15 is 0 Å². The van der Waals surface area contributed by atoms with Crippen molar-refractivity contribution in [2.75, 3.05) is 13.7 Å². The number of hydrogen-bond donors (Lipinski definition) is 1. The van der Waals surface area contributed by atoms with Crippen LogP contribution < -0.4 is 14.8 Å². The monoisotopic (exact) mass is 347 g/mol. The summed E-state index contributed by atoms with van der Waals surface area (Å²) in [4.78, 5) is 0. The maximum absolute atomic E-state index is 5.93. The molecule has 142 valence electrons. The van der Waals surface area contributed by atoms with Crippen LogP contribution >= 0.6 is 0 Å². The summed E-state index contributed by atoms with van der Waals surface area (Å²) in [7, 11) is 1.73. The van der Waals surface area contributed by atoms with E-state index in [2.05, 4.69) is 37.4 Å². The Morgan fingerprint density at radius 2 is 1.92 bits per heavy atom. The van der Waals surface area contributed by atoms with E-state index in [1.54, 1.807) is 7.11 Å². The van der Waals surface area contributed by atoms with Crippen LogP contribution in [-0.4, -0.2) is 19.8 Å². The van der Waals surface area contributed by atoms with Crippen molar-refractivity contribution >= 4 is 0 Å². The van der Waals surface area contributed by atoms with Crippen LogP contribution in [0.25, 0.3) is 0 Å². The van der Waals surface area contributed by atoms with Crippen LogP contribution in [0.2, 0.25) is 0 Å². The van der Waals surface area contributed by atoms with Gasteiger partial charge in [-0.3, -0.25) is 0 Å². The first kappa shape index (κ1) is 20.1. The van der Waals surface area contributed by atoms with Crippen LogP contribution in [0.1, 0.15) is 77.2 Å². The van der Waals surface area contributed by atoms with Gasteiger partial charge in [0, 0.05) is 12.6 Å². The van der Waals surface area contributed by atoms with Crippen molar-refractivity contribution in [1.82, 2.24) is 5.32 Å². The van der Waals surface area contributed by atoms with Gasteiger partial charge in [-0.1, -0.05) is 58.4 Å². The molecule has 1 fully saturated rings. The second-order valence-electron chi connectivity index (χ2n) is 7.60. The number of hydrogen-bond acceptors (Lipinski definition) is 3. The lowest BCUT2D eigenvalue weighted by Crippen LogP contribution is -2.33. The first-order valence-electron chi connectivity index (χ1n) is 10.3. The minimum Gasteiger partial charge on any atom is -0.493 e. The minimum atomic E-state index is 0.661. The summed E-state index contributed by atoms with van der Waals surface area (Å²) in [6.07, 6.45) is 11.6. The summed E-state index contributed by atoms with van der Waals surface area (Å²) in [6, 6.07) is 7.00. The molecule has 0 spiro atoms. The standard InChI is InChI=1S/C22H37NO2/c1-4-5-6-7-8-14-25-21-13-12-19(16-22(21)24-3)17-23-20-11-9-10-18(2)15-20/h12-13,16,18,20,23H,4-11,14-15,17H2,1-3H3. The molecular weight excluding hydrogens is 310 g/mol. The Labute approximate surface area is 154 Å². The van der Waals surface area contributed by atoms with Crippen LogP contribution in [0.3, 0.4) is 0 Å². The summed E-state index contributed by atoms with van der Waals surface area (Å²) < 4.78 is 11.5. The van der Waals surface area contributed by atoms with E-state index in [1.165, 1.54) is 56.9 Å². The van der Waals surface area contributed by atoms with Crippen molar-refractivity contribution in [1.29, 1.82) is 0 Å². The van der Waals surface area contributed by atoms with E-state index in [-0.39, 0.29) is 0 Å². The molecule has 0 amide bonds. The molecule has 0 radical (unpaired) electrons. The third-order valence-electron chi connectivity index (χ3n) is 5.26. The summed E-state index contributed by atoms with van der Waals surface area (Å²) >= 11 is 0. The van der Waals surface area contributed by atoms with Crippen LogP contribution in [-0.2, 0) is 6.54 Å². The molecule has 0 bridgehead atoms. The molecule has 1 aliphatic carbocycles. The Hall–Kier alpha value is -1.22. The van der Waals surface area contributed by atoms with Crippen molar-refractivity contribution in [2.45, 2.75) is 84.2 Å². The first-order valence-corrected chi connectivity index (χ1v) is 10.3. The van der Waals surface area contributed by atoms with Gasteiger partial charge in [0.15, 0.2) is 11.5 Å². The molecule has 3 nitrogen and oxygen atoms in total. The quantitative estimate of drug-likeness (QED) is 0.520. The molecule has 3 heteroatoms. The van der Waals surface area contributed by atoms with Crippen molar-refractivity contribution in [3.8, 4) is 11.5 Å². The van der Waals surface area contributed by atoms with E-state index < -0.39 is 0 Å². The second-order valence-corrected chi connectivity index (χ2v) is 7.60. The topological polar surface area (TPSA) is 30.5 Å². The van der Waals surface area contributed by atoms with Gasteiger partial charge in [-0.15, -0.1) is 0 Å². The highest BCUT2D eigenvalue weighted by atomic mass is 16.5. The van der Waals surface area contributed by atoms with Gasteiger partial charge < -0.3 is 14.8 Å². The van der Waals surface area contributed by atoms with Gasteiger partial charge in [0.1, 0.15) is 0 Å². The van der Waals surface area contributed by atoms with Gasteiger partial charge in [-0.2, -0.15) is 0 Å². The lowest BCUT2D eigenvalue weighted by molar-refractivity contribution is 0.284. The molecule has 0 saturated heterocycles. The number of methoxy groups -OCH3 is 1. The molecule has 2 atom stereocenters. The molecular formula is C22H37NO2. The maximum Gasteiger partial charge on any atom is 0.161 e. The minimum absolute atomic E-state index is 0.661. The Morgan fingerprint density at radius 1 is 1.08 bits per heavy atom. The van der Waals surface area contributed by atoms with E-state index in [9.17, 15) is 0 Å². The van der Waals surface area contributed by atoms with Gasteiger partial charge in [0.2, 0.25) is 0 Å². The van der Waals surface area contributed by atoms with Gasteiger partial charge in [-0.05, 0) is 42.9 Å². The summed E-state index contributed by atoms with van der Waals surface area (Å²) in [5.74, 6) is 2.58. The van der Waals surface area contributed by atoms with E-state index in [1.807, 2.05) is 0 Å². The normalized spacial score (nSPS) is 20.4. The van der Waals surface area contributed by atoms with Gasteiger partial charge >= 0.3 is 0 Å². The lowest BCUT2D eigenvalue weighted by atomic mass is 9.87. The Kier molecular flexibility index (Phi) is 9.17. The largest absolute Gasteiger partial charge is 0.493 e. The van der Waals surface area contributed by atoms with Crippen LogP contribution in [0.5, 0.6) is 11.5 Å². The Bertz CT molecular complexity index is 489. The molecule has 0 heterocycles.